The average molecular weight is 267 g/mol. The van der Waals surface area contributed by atoms with Crippen molar-refractivity contribution in [2.45, 2.75) is 60.2 Å². The van der Waals surface area contributed by atoms with Crippen LogP contribution in [0.4, 0.5) is 0 Å². The molecule has 1 aromatic rings. The normalized spacial score (nSPS) is 12.8. The molecule has 19 heavy (non-hydrogen) atoms. The van der Waals surface area contributed by atoms with E-state index >= 15 is 0 Å². The summed E-state index contributed by atoms with van der Waals surface area (Å²) in [6, 6.07) is -0.148. The molecule has 0 aliphatic heterocycles. The smallest absolute Gasteiger partial charge is 0.325 e. The van der Waals surface area contributed by atoms with Crippen molar-refractivity contribution < 1.29 is 9.53 Å². The Kier molecular flexibility index (Phi) is 5.54. The van der Waals surface area contributed by atoms with E-state index in [-0.39, 0.29) is 18.1 Å². The standard InChI is InChI=1S/C14H25N3O2/c1-7-19-14(18)13(15-9(2)3)8-17-12(6)10(4)11(5)16-17/h9,13,15H,7-8H2,1-6H3. The van der Waals surface area contributed by atoms with Crippen LogP contribution in [-0.2, 0) is 16.1 Å². The molecule has 5 heteroatoms. The summed E-state index contributed by atoms with van der Waals surface area (Å²) in [4.78, 5) is 12.0. The van der Waals surface area contributed by atoms with E-state index in [9.17, 15) is 4.79 Å². The highest BCUT2D eigenvalue weighted by Gasteiger charge is 2.22. The zero-order chi connectivity index (χ0) is 14.6. The third-order valence-corrected chi connectivity index (χ3v) is 3.20. The Hall–Kier alpha value is -1.36. The lowest BCUT2D eigenvalue weighted by molar-refractivity contribution is -0.146. The average Bonchev–Trinajstić information content (AvgIpc) is 2.56. The van der Waals surface area contributed by atoms with E-state index in [0.29, 0.717) is 13.2 Å². The fourth-order valence-corrected chi connectivity index (χ4v) is 1.98. The Morgan fingerprint density at radius 1 is 1.37 bits per heavy atom. The van der Waals surface area contributed by atoms with Crippen LogP contribution in [0.1, 0.15) is 37.7 Å². The van der Waals surface area contributed by atoms with Gasteiger partial charge >= 0.3 is 5.97 Å². The molecule has 0 saturated heterocycles. The summed E-state index contributed by atoms with van der Waals surface area (Å²) in [5, 5.41) is 7.70. The summed E-state index contributed by atoms with van der Waals surface area (Å²) in [6.07, 6.45) is 0. The number of carbonyl (C=O) groups is 1. The maximum absolute atomic E-state index is 12.0. The minimum Gasteiger partial charge on any atom is -0.465 e. The van der Waals surface area contributed by atoms with E-state index in [1.807, 2.05) is 46.2 Å². The second kappa shape index (κ2) is 6.70. The zero-order valence-electron chi connectivity index (χ0n) is 12.8. The van der Waals surface area contributed by atoms with Gasteiger partial charge < -0.3 is 10.1 Å². The van der Waals surface area contributed by atoms with Crippen LogP contribution in [0.15, 0.2) is 0 Å². The first-order valence-corrected chi connectivity index (χ1v) is 6.80. The molecule has 1 aromatic heterocycles. The van der Waals surface area contributed by atoms with Crippen molar-refractivity contribution in [3.8, 4) is 0 Å². The van der Waals surface area contributed by atoms with Crippen molar-refractivity contribution in [1.82, 2.24) is 15.1 Å². The first kappa shape index (κ1) is 15.7. The Bertz CT molecular complexity index is 438. The topological polar surface area (TPSA) is 56.2 Å². The summed E-state index contributed by atoms with van der Waals surface area (Å²) in [7, 11) is 0. The maximum Gasteiger partial charge on any atom is 0.325 e. The molecular formula is C14H25N3O2. The van der Waals surface area contributed by atoms with Gasteiger partial charge in [0.1, 0.15) is 6.04 Å². The summed E-state index contributed by atoms with van der Waals surface area (Å²) in [6.45, 7) is 12.8. The molecule has 1 N–H and O–H groups in total. The molecule has 0 saturated carbocycles. The van der Waals surface area contributed by atoms with Gasteiger partial charge in [-0.15, -0.1) is 0 Å². The summed E-state index contributed by atoms with van der Waals surface area (Å²) < 4.78 is 6.99. The number of carbonyl (C=O) groups excluding carboxylic acids is 1. The van der Waals surface area contributed by atoms with Gasteiger partial charge in [0, 0.05) is 11.7 Å². The van der Waals surface area contributed by atoms with Crippen LogP contribution < -0.4 is 5.32 Å². The van der Waals surface area contributed by atoms with Gasteiger partial charge in [0.2, 0.25) is 0 Å². The fourth-order valence-electron chi connectivity index (χ4n) is 1.98. The number of rotatable bonds is 6. The predicted molar refractivity (Wildman–Crippen MR) is 75.1 cm³/mol. The number of nitrogens with one attached hydrogen (secondary N) is 1. The quantitative estimate of drug-likeness (QED) is 0.798. The second-order valence-corrected chi connectivity index (χ2v) is 5.10. The molecule has 0 bridgehead atoms. The Labute approximate surface area is 115 Å². The van der Waals surface area contributed by atoms with Crippen LogP contribution in [-0.4, -0.2) is 34.4 Å². The summed E-state index contributed by atoms with van der Waals surface area (Å²) in [5.74, 6) is -0.221. The largest absolute Gasteiger partial charge is 0.465 e. The molecule has 0 fully saturated rings. The lowest BCUT2D eigenvalue weighted by Crippen LogP contribution is -2.45. The number of aryl methyl sites for hydroxylation is 1. The lowest BCUT2D eigenvalue weighted by atomic mass is 10.2. The van der Waals surface area contributed by atoms with Gasteiger partial charge in [-0.25, -0.2) is 0 Å². The van der Waals surface area contributed by atoms with E-state index in [2.05, 4.69) is 10.4 Å². The van der Waals surface area contributed by atoms with Crippen molar-refractivity contribution in [2.75, 3.05) is 6.61 Å². The number of hydrogen-bond donors (Lipinski definition) is 1. The second-order valence-electron chi connectivity index (χ2n) is 5.10. The van der Waals surface area contributed by atoms with Gasteiger partial charge in [-0.1, -0.05) is 13.8 Å². The van der Waals surface area contributed by atoms with Gasteiger partial charge in [0.25, 0.3) is 0 Å². The highest BCUT2D eigenvalue weighted by Crippen LogP contribution is 2.11. The molecule has 1 unspecified atom stereocenters. The Morgan fingerprint density at radius 3 is 2.42 bits per heavy atom. The Morgan fingerprint density at radius 2 is 2.00 bits per heavy atom. The molecule has 0 radical (unpaired) electrons. The van der Waals surface area contributed by atoms with Crippen LogP contribution in [0.2, 0.25) is 0 Å². The lowest BCUT2D eigenvalue weighted by Gasteiger charge is -2.20. The number of esters is 1. The summed E-state index contributed by atoms with van der Waals surface area (Å²) in [5.41, 5.74) is 3.27. The first-order chi connectivity index (χ1) is 8.86. The van der Waals surface area contributed by atoms with Gasteiger partial charge in [0.05, 0.1) is 18.8 Å². The minimum atomic E-state index is -0.364. The Balaban J connectivity index is 2.87. The van der Waals surface area contributed by atoms with Gasteiger partial charge in [-0.05, 0) is 33.3 Å². The molecular weight excluding hydrogens is 242 g/mol. The maximum atomic E-state index is 12.0. The van der Waals surface area contributed by atoms with Crippen LogP contribution in [0, 0.1) is 20.8 Å². The monoisotopic (exact) mass is 267 g/mol. The predicted octanol–water partition coefficient (Wildman–Crippen LogP) is 1.74. The van der Waals surface area contributed by atoms with Crippen molar-refractivity contribution in [3.63, 3.8) is 0 Å². The number of nitrogens with zero attached hydrogens (tertiary/aromatic N) is 2. The molecule has 1 rings (SSSR count). The van der Waals surface area contributed by atoms with Crippen LogP contribution >= 0.6 is 0 Å². The van der Waals surface area contributed by atoms with Gasteiger partial charge in [-0.2, -0.15) is 5.10 Å². The van der Waals surface area contributed by atoms with E-state index in [1.165, 1.54) is 5.56 Å². The fraction of sp³-hybridized carbons (Fsp3) is 0.714. The van der Waals surface area contributed by atoms with Crippen LogP contribution in [0.25, 0.3) is 0 Å². The molecule has 0 aliphatic carbocycles. The van der Waals surface area contributed by atoms with E-state index in [4.69, 9.17) is 4.74 Å². The molecule has 108 valence electrons. The summed E-state index contributed by atoms with van der Waals surface area (Å²) >= 11 is 0. The third-order valence-electron chi connectivity index (χ3n) is 3.20. The highest BCUT2D eigenvalue weighted by molar-refractivity contribution is 5.75. The van der Waals surface area contributed by atoms with Crippen molar-refractivity contribution in [3.05, 3.63) is 17.0 Å². The number of ether oxygens (including phenoxy) is 1. The van der Waals surface area contributed by atoms with Crippen LogP contribution in [0.5, 0.6) is 0 Å². The van der Waals surface area contributed by atoms with E-state index in [1.54, 1.807) is 0 Å². The molecule has 5 nitrogen and oxygen atoms in total. The van der Waals surface area contributed by atoms with E-state index < -0.39 is 0 Å². The van der Waals surface area contributed by atoms with E-state index in [0.717, 1.165) is 11.4 Å². The zero-order valence-corrected chi connectivity index (χ0v) is 12.8. The van der Waals surface area contributed by atoms with Crippen molar-refractivity contribution >= 4 is 5.97 Å². The minimum absolute atomic E-state index is 0.215. The molecule has 0 amide bonds. The third kappa shape index (κ3) is 4.06. The van der Waals surface area contributed by atoms with Gasteiger partial charge in [-0.3, -0.25) is 9.48 Å². The van der Waals surface area contributed by atoms with Gasteiger partial charge in [0.15, 0.2) is 0 Å². The molecule has 0 aromatic carbocycles. The molecule has 1 heterocycles. The molecule has 1 atom stereocenters. The van der Waals surface area contributed by atoms with Crippen molar-refractivity contribution in [1.29, 1.82) is 0 Å². The first-order valence-electron chi connectivity index (χ1n) is 6.80. The number of aromatic nitrogens is 2. The molecule has 0 aliphatic rings. The van der Waals surface area contributed by atoms with Crippen LogP contribution in [0.3, 0.4) is 0 Å². The number of hydrogen-bond acceptors (Lipinski definition) is 4. The SMILES string of the molecule is CCOC(=O)C(Cn1nc(C)c(C)c1C)NC(C)C. The molecule has 0 spiro atoms. The highest BCUT2D eigenvalue weighted by atomic mass is 16.5. The van der Waals surface area contributed by atoms with Crippen molar-refractivity contribution in [2.24, 2.45) is 0 Å².